The van der Waals surface area contributed by atoms with E-state index in [4.69, 9.17) is 9.47 Å². The molecule has 0 saturated carbocycles. The average molecular weight is 437 g/mol. The molecule has 4 aromatic carbocycles. The van der Waals surface area contributed by atoms with Gasteiger partial charge in [0, 0.05) is 0 Å². The smallest absolute Gasteiger partial charge is 0.277 e. The fourth-order valence-corrected chi connectivity index (χ4v) is 3.13. The van der Waals surface area contributed by atoms with Crippen molar-refractivity contribution in [3.05, 3.63) is 120 Å². The Labute approximate surface area is 193 Å². The summed E-state index contributed by atoms with van der Waals surface area (Å²) in [6, 6.07) is 35.2. The van der Waals surface area contributed by atoms with Gasteiger partial charge in [0.1, 0.15) is 18.1 Å². The van der Waals surface area contributed by atoms with Crippen molar-refractivity contribution in [1.29, 1.82) is 0 Å². The molecule has 0 aliphatic heterocycles. The average Bonchev–Trinajstić information content (AvgIpc) is 2.88. The molecule has 0 saturated heterocycles. The third kappa shape index (κ3) is 6.80. The Morgan fingerprint density at radius 2 is 1.27 bits per heavy atom. The van der Waals surface area contributed by atoms with Crippen molar-refractivity contribution in [2.75, 3.05) is 6.61 Å². The molecule has 1 amide bonds. The zero-order chi connectivity index (χ0) is 22.7. The summed E-state index contributed by atoms with van der Waals surface area (Å²) in [4.78, 5) is 12.0. The molecule has 0 radical (unpaired) electrons. The lowest BCUT2D eigenvalue weighted by Gasteiger charge is -2.07. The third-order valence-electron chi connectivity index (χ3n) is 4.86. The van der Waals surface area contributed by atoms with Crippen molar-refractivity contribution in [2.45, 2.75) is 6.61 Å². The second kappa shape index (κ2) is 11.3. The minimum Gasteiger partial charge on any atom is -0.489 e. The molecule has 0 aliphatic rings. The van der Waals surface area contributed by atoms with E-state index in [1.807, 2.05) is 109 Å². The standard InChI is InChI=1S/C28H24N2O3/c31-28(21-33-27-17-13-25(14-18-27)24-9-5-2-6-10-24)30-29-19-22-11-15-26(16-12-22)32-20-23-7-3-1-4-8-23/h1-19H,20-21H2,(H,30,31)/b29-19+. The summed E-state index contributed by atoms with van der Waals surface area (Å²) in [5.74, 6) is 1.06. The van der Waals surface area contributed by atoms with Gasteiger partial charge in [0.2, 0.25) is 0 Å². The van der Waals surface area contributed by atoms with E-state index in [0.717, 1.165) is 28.0 Å². The molecule has 5 heteroatoms. The molecule has 0 atom stereocenters. The number of hydrogen-bond acceptors (Lipinski definition) is 4. The number of ether oxygens (including phenoxy) is 2. The van der Waals surface area contributed by atoms with E-state index < -0.39 is 0 Å². The maximum Gasteiger partial charge on any atom is 0.277 e. The van der Waals surface area contributed by atoms with Gasteiger partial charge in [-0.25, -0.2) is 5.43 Å². The van der Waals surface area contributed by atoms with Gasteiger partial charge in [-0.05, 0) is 58.7 Å². The number of carbonyl (C=O) groups is 1. The van der Waals surface area contributed by atoms with Crippen LogP contribution in [0.25, 0.3) is 11.1 Å². The first-order valence-electron chi connectivity index (χ1n) is 10.6. The van der Waals surface area contributed by atoms with Gasteiger partial charge in [0.15, 0.2) is 6.61 Å². The maximum absolute atomic E-state index is 12.0. The van der Waals surface area contributed by atoms with Crippen LogP contribution in [0.4, 0.5) is 0 Å². The van der Waals surface area contributed by atoms with Gasteiger partial charge in [-0.15, -0.1) is 0 Å². The highest BCUT2D eigenvalue weighted by Gasteiger charge is 2.03. The Kier molecular flexibility index (Phi) is 7.48. The second-order valence-corrected chi connectivity index (χ2v) is 7.32. The quantitative estimate of drug-likeness (QED) is 0.280. The summed E-state index contributed by atoms with van der Waals surface area (Å²) in [5, 5.41) is 3.99. The highest BCUT2D eigenvalue weighted by atomic mass is 16.5. The van der Waals surface area contributed by atoms with Crippen molar-refractivity contribution in [1.82, 2.24) is 5.43 Å². The molecule has 0 bridgehead atoms. The minimum atomic E-state index is -0.332. The normalized spacial score (nSPS) is 10.7. The Balaban J connectivity index is 1.20. The van der Waals surface area contributed by atoms with Gasteiger partial charge in [-0.1, -0.05) is 72.8 Å². The molecule has 1 N–H and O–H groups in total. The number of hydrogen-bond donors (Lipinski definition) is 1. The van der Waals surface area contributed by atoms with Crippen LogP contribution in [0.3, 0.4) is 0 Å². The van der Waals surface area contributed by atoms with Crippen molar-refractivity contribution in [3.8, 4) is 22.6 Å². The van der Waals surface area contributed by atoms with Crippen LogP contribution in [0.15, 0.2) is 114 Å². The number of nitrogens with zero attached hydrogens (tertiary/aromatic N) is 1. The minimum absolute atomic E-state index is 0.117. The second-order valence-electron chi connectivity index (χ2n) is 7.32. The Hall–Kier alpha value is -4.38. The van der Waals surface area contributed by atoms with E-state index in [1.54, 1.807) is 6.21 Å². The van der Waals surface area contributed by atoms with E-state index in [0.29, 0.717) is 12.4 Å². The molecule has 4 rings (SSSR count). The summed E-state index contributed by atoms with van der Waals surface area (Å²) in [7, 11) is 0. The lowest BCUT2D eigenvalue weighted by Crippen LogP contribution is -2.24. The summed E-state index contributed by atoms with van der Waals surface area (Å²) in [6.45, 7) is 0.396. The molecular formula is C28H24N2O3. The van der Waals surface area contributed by atoms with Crippen LogP contribution < -0.4 is 14.9 Å². The molecule has 0 aromatic heterocycles. The van der Waals surface area contributed by atoms with Crippen LogP contribution in [-0.2, 0) is 11.4 Å². The third-order valence-corrected chi connectivity index (χ3v) is 4.86. The highest BCUT2D eigenvalue weighted by molar-refractivity contribution is 5.83. The van der Waals surface area contributed by atoms with Crippen molar-refractivity contribution in [3.63, 3.8) is 0 Å². The SMILES string of the molecule is O=C(COc1ccc(-c2ccccc2)cc1)N/N=C/c1ccc(OCc2ccccc2)cc1. The molecule has 0 aliphatic carbocycles. The summed E-state index contributed by atoms with van der Waals surface area (Å²) in [5.41, 5.74) is 6.66. The van der Waals surface area contributed by atoms with Crippen molar-refractivity contribution < 1.29 is 14.3 Å². The summed E-state index contributed by atoms with van der Waals surface area (Å²) in [6.07, 6.45) is 1.58. The zero-order valence-electron chi connectivity index (χ0n) is 18.1. The van der Waals surface area contributed by atoms with Crippen LogP contribution in [0, 0.1) is 0 Å². The van der Waals surface area contributed by atoms with Crippen LogP contribution in [0.5, 0.6) is 11.5 Å². The Morgan fingerprint density at radius 1 is 0.697 bits per heavy atom. The van der Waals surface area contributed by atoms with Crippen molar-refractivity contribution in [2.24, 2.45) is 5.10 Å². The van der Waals surface area contributed by atoms with E-state index in [9.17, 15) is 4.79 Å². The fourth-order valence-electron chi connectivity index (χ4n) is 3.13. The van der Waals surface area contributed by atoms with Gasteiger partial charge in [0.25, 0.3) is 5.91 Å². The van der Waals surface area contributed by atoms with Gasteiger partial charge in [0.05, 0.1) is 6.21 Å². The number of amides is 1. The first kappa shape index (κ1) is 21.8. The summed E-state index contributed by atoms with van der Waals surface area (Å²) < 4.78 is 11.3. The van der Waals surface area contributed by atoms with Crippen molar-refractivity contribution >= 4 is 12.1 Å². The number of nitrogens with one attached hydrogen (secondary N) is 1. The fraction of sp³-hybridized carbons (Fsp3) is 0.0714. The van der Waals surface area contributed by atoms with Gasteiger partial charge in [-0.2, -0.15) is 5.10 Å². The number of rotatable bonds is 9. The molecule has 33 heavy (non-hydrogen) atoms. The van der Waals surface area contributed by atoms with Gasteiger partial charge < -0.3 is 9.47 Å². The molecule has 0 fully saturated rings. The van der Waals surface area contributed by atoms with Gasteiger partial charge in [-0.3, -0.25) is 4.79 Å². The largest absolute Gasteiger partial charge is 0.489 e. The molecule has 0 spiro atoms. The molecule has 4 aromatic rings. The first-order chi connectivity index (χ1) is 16.3. The van der Waals surface area contributed by atoms with E-state index in [2.05, 4.69) is 10.5 Å². The van der Waals surface area contributed by atoms with E-state index in [-0.39, 0.29) is 12.5 Å². The van der Waals surface area contributed by atoms with Crippen LogP contribution in [0.1, 0.15) is 11.1 Å². The van der Waals surface area contributed by atoms with E-state index >= 15 is 0 Å². The highest BCUT2D eigenvalue weighted by Crippen LogP contribution is 2.22. The van der Waals surface area contributed by atoms with E-state index in [1.165, 1.54) is 0 Å². The Bertz CT molecular complexity index is 1170. The number of hydrazone groups is 1. The zero-order valence-corrected chi connectivity index (χ0v) is 18.1. The maximum atomic E-state index is 12.0. The monoisotopic (exact) mass is 436 g/mol. The predicted molar refractivity (Wildman–Crippen MR) is 130 cm³/mol. The molecule has 0 heterocycles. The lowest BCUT2D eigenvalue weighted by molar-refractivity contribution is -0.123. The molecule has 0 unspecified atom stereocenters. The lowest BCUT2D eigenvalue weighted by atomic mass is 10.1. The van der Waals surface area contributed by atoms with Crippen LogP contribution >= 0.6 is 0 Å². The van der Waals surface area contributed by atoms with Crippen LogP contribution in [0.2, 0.25) is 0 Å². The van der Waals surface area contributed by atoms with Crippen LogP contribution in [-0.4, -0.2) is 18.7 Å². The number of carbonyl (C=O) groups excluding carboxylic acids is 1. The predicted octanol–water partition coefficient (Wildman–Crippen LogP) is 5.46. The Morgan fingerprint density at radius 3 is 1.97 bits per heavy atom. The van der Waals surface area contributed by atoms with Gasteiger partial charge >= 0.3 is 0 Å². The molecular weight excluding hydrogens is 412 g/mol. The topological polar surface area (TPSA) is 59.9 Å². The number of benzene rings is 4. The first-order valence-corrected chi connectivity index (χ1v) is 10.6. The summed E-state index contributed by atoms with van der Waals surface area (Å²) >= 11 is 0. The molecule has 5 nitrogen and oxygen atoms in total. The molecule has 164 valence electrons.